The van der Waals surface area contributed by atoms with Gasteiger partial charge in [-0.05, 0) is 83.5 Å². The highest BCUT2D eigenvalue weighted by atomic mass is 16.6. The zero-order chi connectivity index (χ0) is 50.7. The van der Waals surface area contributed by atoms with Crippen molar-refractivity contribution in [1.82, 2.24) is 0 Å². The first-order valence-electron chi connectivity index (χ1n) is 30.6. The van der Waals surface area contributed by atoms with Crippen molar-refractivity contribution < 1.29 is 28.6 Å². The highest BCUT2D eigenvalue weighted by molar-refractivity contribution is 5.71. The first kappa shape index (κ1) is 67.4. The zero-order valence-corrected chi connectivity index (χ0v) is 46.8. The van der Waals surface area contributed by atoms with Gasteiger partial charge in [-0.25, -0.2) is 0 Å². The minimum absolute atomic E-state index is 0.0737. The highest BCUT2D eigenvalue weighted by Crippen LogP contribution is 2.16. The van der Waals surface area contributed by atoms with Gasteiger partial charge >= 0.3 is 17.9 Å². The first-order chi connectivity index (χ1) is 34.5. The lowest BCUT2D eigenvalue weighted by Crippen LogP contribution is -2.30. The number of esters is 3. The second-order valence-electron chi connectivity index (χ2n) is 20.6. The Balaban J connectivity index is 4.28. The average Bonchev–Trinajstić information content (AvgIpc) is 3.36. The van der Waals surface area contributed by atoms with E-state index >= 15 is 0 Å². The first-order valence-corrected chi connectivity index (χ1v) is 30.6. The summed E-state index contributed by atoms with van der Waals surface area (Å²) in [7, 11) is 0. The summed E-state index contributed by atoms with van der Waals surface area (Å²) < 4.78 is 16.9. The third-order valence-corrected chi connectivity index (χ3v) is 13.6. The molecule has 0 N–H and O–H groups in total. The molecule has 6 heteroatoms. The monoisotopic (exact) mass is 981 g/mol. The second kappa shape index (κ2) is 58.9. The lowest BCUT2D eigenvalue weighted by Gasteiger charge is -2.18. The molecular formula is C64H116O6. The SMILES string of the molecule is CCCCCC/C=C\C/C=C\CCCCCCCCCC(=O)OC(COC(=O)CCCCCCCCCCCCC)COC(=O)CCCCCCCCCCCCC/C=C\C/C=C\CCCCCCC. The quantitative estimate of drug-likeness (QED) is 0.0261. The van der Waals surface area contributed by atoms with Crippen LogP contribution in [0.1, 0.15) is 323 Å². The van der Waals surface area contributed by atoms with E-state index in [0.29, 0.717) is 19.3 Å². The molecule has 0 aromatic rings. The van der Waals surface area contributed by atoms with Crippen LogP contribution >= 0.6 is 0 Å². The summed E-state index contributed by atoms with van der Waals surface area (Å²) in [5, 5.41) is 0. The van der Waals surface area contributed by atoms with E-state index in [1.54, 1.807) is 0 Å². The molecule has 6 nitrogen and oxygen atoms in total. The van der Waals surface area contributed by atoms with Crippen molar-refractivity contribution in [2.24, 2.45) is 0 Å². The van der Waals surface area contributed by atoms with Gasteiger partial charge in [0.25, 0.3) is 0 Å². The van der Waals surface area contributed by atoms with Gasteiger partial charge in [-0.3, -0.25) is 14.4 Å². The van der Waals surface area contributed by atoms with E-state index in [-0.39, 0.29) is 31.1 Å². The summed E-state index contributed by atoms with van der Waals surface area (Å²) in [6.07, 6.45) is 72.5. The average molecular weight is 982 g/mol. The minimum Gasteiger partial charge on any atom is -0.462 e. The van der Waals surface area contributed by atoms with Gasteiger partial charge in [0.15, 0.2) is 6.10 Å². The number of carbonyl (C=O) groups is 3. The molecule has 0 aliphatic rings. The third-order valence-electron chi connectivity index (χ3n) is 13.6. The number of carbonyl (C=O) groups excluding carboxylic acids is 3. The van der Waals surface area contributed by atoms with Gasteiger partial charge in [0.2, 0.25) is 0 Å². The Labute approximate surface area is 435 Å². The molecule has 0 aromatic heterocycles. The second-order valence-corrected chi connectivity index (χ2v) is 20.6. The van der Waals surface area contributed by atoms with Gasteiger partial charge in [-0.2, -0.15) is 0 Å². The number of unbranched alkanes of at least 4 members (excludes halogenated alkanes) is 37. The van der Waals surface area contributed by atoms with Crippen molar-refractivity contribution >= 4 is 17.9 Å². The summed E-state index contributed by atoms with van der Waals surface area (Å²) in [5.74, 6) is -0.868. The van der Waals surface area contributed by atoms with E-state index in [9.17, 15) is 14.4 Å². The number of rotatable bonds is 56. The van der Waals surface area contributed by atoms with Gasteiger partial charge in [-0.15, -0.1) is 0 Å². The molecule has 0 spiro atoms. The van der Waals surface area contributed by atoms with Crippen LogP contribution in [-0.4, -0.2) is 37.2 Å². The van der Waals surface area contributed by atoms with Gasteiger partial charge in [-0.1, -0.05) is 268 Å². The minimum atomic E-state index is -0.776. The van der Waals surface area contributed by atoms with E-state index in [0.717, 1.165) is 77.0 Å². The lowest BCUT2D eigenvalue weighted by atomic mass is 10.0. The fourth-order valence-corrected chi connectivity index (χ4v) is 8.92. The van der Waals surface area contributed by atoms with Crippen molar-refractivity contribution in [2.75, 3.05) is 13.2 Å². The fraction of sp³-hybridized carbons (Fsp3) is 0.828. The maximum absolute atomic E-state index is 12.9. The molecule has 0 rings (SSSR count). The van der Waals surface area contributed by atoms with Crippen LogP contribution in [0.25, 0.3) is 0 Å². The van der Waals surface area contributed by atoms with E-state index in [4.69, 9.17) is 14.2 Å². The lowest BCUT2D eigenvalue weighted by molar-refractivity contribution is -0.167. The molecule has 0 amide bonds. The molecule has 0 bridgehead atoms. The van der Waals surface area contributed by atoms with Crippen LogP contribution in [0.3, 0.4) is 0 Å². The maximum atomic E-state index is 12.9. The predicted octanol–water partition coefficient (Wildman–Crippen LogP) is 20.6. The van der Waals surface area contributed by atoms with Crippen LogP contribution in [-0.2, 0) is 28.6 Å². The molecule has 0 fully saturated rings. The Bertz CT molecular complexity index is 1220. The smallest absolute Gasteiger partial charge is 0.306 e. The molecule has 408 valence electrons. The van der Waals surface area contributed by atoms with Crippen LogP contribution < -0.4 is 0 Å². The zero-order valence-electron chi connectivity index (χ0n) is 46.8. The number of allylic oxidation sites excluding steroid dienone is 8. The molecule has 1 unspecified atom stereocenters. The molecule has 0 heterocycles. The Morgan fingerprint density at radius 3 is 0.800 bits per heavy atom. The van der Waals surface area contributed by atoms with Crippen LogP contribution in [0.15, 0.2) is 48.6 Å². The number of hydrogen-bond donors (Lipinski definition) is 0. The Morgan fingerprint density at radius 1 is 0.286 bits per heavy atom. The van der Waals surface area contributed by atoms with Gasteiger partial charge in [0, 0.05) is 19.3 Å². The maximum Gasteiger partial charge on any atom is 0.306 e. The normalized spacial score (nSPS) is 12.3. The van der Waals surface area contributed by atoms with Crippen molar-refractivity contribution in [3.05, 3.63) is 48.6 Å². The van der Waals surface area contributed by atoms with Crippen LogP contribution in [0, 0.1) is 0 Å². The summed E-state index contributed by atoms with van der Waals surface area (Å²) in [6, 6.07) is 0. The standard InChI is InChI=1S/C64H116O6/c1-4-7-10-13-16-19-22-24-26-28-30-31-32-33-34-36-37-39-42-45-48-51-54-57-63(66)69-60-61(59-68-62(65)56-53-50-47-44-41-21-18-15-12-9-6-3)70-64(67)58-55-52-49-46-43-40-38-35-29-27-25-23-20-17-14-11-8-5-2/h20,22-24,27-30,61H,4-19,21,25-26,31-60H2,1-3H3/b23-20-,24-22-,29-27-,30-28-. The predicted molar refractivity (Wildman–Crippen MR) is 302 cm³/mol. The summed E-state index contributed by atoms with van der Waals surface area (Å²) in [6.45, 7) is 6.64. The van der Waals surface area contributed by atoms with Crippen molar-refractivity contribution in [3.8, 4) is 0 Å². The van der Waals surface area contributed by atoms with Gasteiger partial charge in [0.1, 0.15) is 13.2 Å². The molecule has 0 radical (unpaired) electrons. The summed E-state index contributed by atoms with van der Waals surface area (Å²) in [4.78, 5) is 38.2. The van der Waals surface area contributed by atoms with Crippen LogP contribution in [0.2, 0.25) is 0 Å². The van der Waals surface area contributed by atoms with E-state index < -0.39 is 6.10 Å². The highest BCUT2D eigenvalue weighted by Gasteiger charge is 2.19. The molecule has 0 aliphatic carbocycles. The van der Waals surface area contributed by atoms with Gasteiger partial charge < -0.3 is 14.2 Å². The molecular weight excluding hydrogens is 865 g/mol. The van der Waals surface area contributed by atoms with E-state index in [2.05, 4.69) is 69.4 Å². The van der Waals surface area contributed by atoms with Gasteiger partial charge in [0.05, 0.1) is 0 Å². The molecule has 0 aliphatic heterocycles. The molecule has 0 saturated carbocycles. The third kappa shape index (κ3) is 56.3. The number of hydrogen-bond acceptors (Lipinski definition) is 6. The molecule has 70 heavy (non-hydrogen) atoms. The Kier molecular flexibility index (Phi) is 56.7. The Morgan fingerprint density at radius 2 is 0.514 bits per heavy atom. The van der Waals surface area contributed by atoms with Crippen molar-refractivity contribution in [1.29, 1.82) is 0 Å². The van der Waals surface area contributed by atoms with Crippen LogP contribution in [0.4, 0.5) is 0 Å². The summed E-state index contributed by atoms with van der Waals surface area (Å²) >= 11 is 0. The topological polar surface area (TPSA) is 78.9 Å². The van der Waals surface area contributed by atoms with Crippen LogP contribution in [0.5, 0.6) is 0 Å². The summed E-state index contributed by atoms with van der Waals surface area (Å²) in [5.41, 5.74) is 0. The molecule has 0 saturated heterocycles. The fourth-order valence-electron chi connectivity index (χ4n) is 8.92. The van der Waals surface area contributed by atoms with E-state index in [1.807, 2.05) is 0 Å². The molecule has 0 aromatic carbocycles. The largest absolute Gasteiger partial charge is 0.462 e. The van der Waals surface area contributed by atoms with Crippen molar-refractivity contribution in [3.63, 3.8) is 0 Å². The Hall–Kier alpha value is -2.63. The number of ether oxygens (including phenoxy) is 3. The van der Waals surface area contributed by atoms with Crippen molar-refractivity contribution in [2.45, 2.75) is 329 Å². The van der Waals surface area contributed by atoms with E-state index in [1.165, 1.54) is 205 Å². The molecule has 1 atom stereocenters.